The summed E-state index contributed by atoms with van der Waals surface area (Å²) < 4.78 is 46.0. The highest BCUT2D eigenvalue weighted by Crippen LogP contribution is 2.18. The third kappa shape index (κ3) is 9.40. The maximum atomic E-state index is 12.3. The van der Waals surface area contributed by atoms with Crippen LogP contribution in [0, 0.1) is 0 Å². The molecule has 0 saturated carbocycles. The lowest BCUT2D eigenvalue weighted by molar-refractivity contribution is -0.154. The van der Waals surface area contributed by atoms with Gasteiger partial charge in [-0.2, -0.15) is 13.2 Å². The van der Waals surface area contributed by atoms with Gasteiger partial charge in [0.05, 0.1) is 0 Å². The van der Waals surface area contributed by atoms with Crippen molar-refractivity contribution < 1.29 is 32.2 Å². The van der Waals surface area contributed by atoms with Crippen LogP contribution in [0.25, 0.3) is 0 Å². The first-order chi connectivity index (χ1) is 8.44. The molecule has 0 radical (unpaired) electrons. The summed E-state index contributed by atoms with van der Waals surface area (Å²) >= 11 is 5.10. The number of hydrogen-bond donors (Lipinski definition) is 0. The molecule has 0 spiro atoms. The van der Waals surface area contributed by atoms with Crippen molar-refractivity contribution in [3.63, 3.8) is 0 Å². The second-order valence-corrected chi connectivity index (χ2v) is 4.80. The van der Waals surface area contributed by atoms with E-state index < -0.39 is 43.0 Å². The van der Waals surface area contributed by atoms with Gasteiger partial charge in [0.1, 0.15) is 18.7 Å². The van der Waals surface area contributed by atoms with Gasteiger partial charge in [0.25, 0.3) is 0 Å². The number of hydrogen-bond acceptors (Lipinski definition) is 4. The summed E-state index contributed by atoms with van der Waals surface area (Å²) in [5.41, 5.74) is -0.975. The van der Waals surface area contributed by atoms with Crippen molar-refractivity contribution in [2.75, 3.05) is 19.2 Å². The van der Waals surface area contributed by atoms with E-state index in [0.29, 0.717) is 0 Å². The monoisotopic (exact) mass is 305 g/mol. The lowest BCUT2D eigenvalue weighted by Crippen LogP contribution is -2.44. The third-order valence-electron chi connectivity index (χ3n) is 1.56. The maximum Gasteiger partial charge on any atom is 0.411 e. The molecule has 0 aromatic heterocycles. The quantitative estimate of drug-likeness (QED) is 0.591. The van der Waals surface area contributed by atoms with Gasteiger partial charge in [0.15, 0.2) is 6.07 Å². The minimum absolute atomic E-state index is 0.208. The Morgan fingerprint density at radius 1 is 1.21 bits per heavy atom. The fourth-order valence-corrected chi connectivity index (χ4v) is 1.11. The highest BCUT2D eigenvalue weighted by Gasteiger charge is 2.36. The Kier molecular flexibility index (Phi) is 6.41. The Balaban J connectivity index is 4.76. The normalized spacial score (nSPS) is 11.9. The van der Waals surface area contributed by atoms with E-state index in [1.165, 1.54) is 20.8 Å². The number of amides is 1. The molecule has 9 heteroatoms. The zero-order valence-corrected chi connectivity index (χ0v) is 11.5. The molecule has 5 nitrogen and oxygen atoms in total. The molecule has 0 saturated heterocycles. The number of carbonyl (C=O) groups excluding carboxylic acids is 2. The summed E-state index contributed by atoms with van der Waals surface area (Å²) in [6.45, 7) is 1.98. The lowest BCUT2D eigenvalue weighted by atomic mass is 10.2. The van der Waals surface area contributed by atoms with Gasteiger partial charge in [-0.3, -0.25) is 9.69 Å². The molecule has 0 heterocycles. The van der Waals surface area contributed by atoms with Crippen molar-refractivity contribution in [1.82, 2.24) is 4.90 Å². The van der Waals surface area contributed by atoms with Gasteiger partial charge in [-0.1, -0.05) is 11.6 Å². The number of alkyl halides is 4. The van der Waals surface area contributed by atoms with Crippen molar-refractivity contribution in [3.8, 4) is 0 Å². The van der Waals surface area contributed by atoms with Crippen molar-refractivity contribution in [2.45, 2.75) is 32.5 Å². The predicted molar refractivity (Wildman–Crippen MR) is 60.7 cm³/mol. The summed E-state index contributed by atoms with van der Waals surface area (Å²) in [4.78, 5) is 22.8. The molecule has 0 atom stereocenters. The molecule has 0 aliphatic carbocycles. The van der Waals surface area contributed by atoms with Crippen molar-refractivity contribution >= 4 is 23.7 Å². The molecule has 0 aromatic rings. The van der Waals surface area contributed by atoms with Crippen molar-refractivity contribution in [1.29, 1.82) is 0 Å². The molecule has 19 heavy (non-hydrogen) atoms. The highest BCUT2D eigenvalue weighted by atomic mass is 35.5. The first-order valence-electron chi connectivity index (χ1n) is 5.21. The maximum absolute atomic E-state index is 12.3. The molecule has 0 fully saturated rings. The number of carbonyl (C=O) groups is 2. The average molecular weight is 306 g/mol. The van der Waals surface area contributed by atoms with Crippen LogP contribution in [0.15, 0.2) is 0 Å². The molecule has 0 N–H and O–H groups in total. The van der Waals surface area contributed by atoms with Crippen LogP contribution in [0.1, 0.15) is 20.8 Å². The van der Waals surface area contributed by atoms with E-state index in [-0.39, 0.29) is 4.90 Å². The Bertz CT molecular complexity index is 328. The van der Waals surface area contributed by atoms with Gasteiger partial charge >= 0.3 is 18.2 Å². The van der Waals surface area contributed by atoms with Crippen LogP contribution in [0.4, 0.5) is 18.0 Å². The Morgan fingerprint density at radius 3 is 2.11 bits per heavy atom. The van der Waals surface area contributed by atoms with Crippen LogP contribution < -0.4 is 0 Å². The van der Waals surface area contributed by atoms with Gasteiger partial charge in [-0.25, -0.2) is 4.79 Å². The minimum Gasteiger partial charge on any atom is -0.448 e. The van der Waals surface area contributed by atoms with Crippen LogP contribution in [-0.2, 0) is 14.3 Å². The first-order valence-corrected chi connectivity index (χ1v) is 5.74. The van der Waals surface area contributed by atoms with Crippen LogP contribution in [0.3, 0.4) is 0 Å². The third-order valence-corrected chi connectivity index (χ3v) is 1.67. The number of esters is 1. The van der Waals surface area contributed by atoms with Gasteiger partial charge in [0, 0.05) is 0 Å². The van der Waals surface area contributed by atoms with E-state index in [9.17, 15) is 22.8 Å². The zero-order valence-electron chi connectivity index (χ0n) is 10.7. The molecule has 0 rings (SSSR count). The molecule has 0 aliphatic rings. The number of halogens is 4. The molecule has 1 amide bonds. The van der Waals surface area contributed by atoms with Crippen molar-refractivity contribution in [2.24, 2.45) is 0 Å². The minimum atomic E-state index is -4.65. The summed E-state index contributed by atoms with van der Waals surface area (Å²) in [5, 5.41) is 0. The predicted octanol–water partition coefficient (Wildman–Crippen LogP) is 2.53. The van der Waals surface area contributed by atoms with Gasteiger partial charge in [-0.05, 0) is 20.8 Å². The summed E-state index contributed by atoms with van der Waals surface area (Å²) in [6, 6.07) is -0.507. The van der Waals surface area contributed by atoms with Gasteiger partial charge < -0.3 is 9.47 Å². The topological polar surface area (TPSA) is 55.8 Å². The lowest BCUT2D eigenvalue weighted by Gasteiger charge is -2.27. The molecule has 0 bridgehead atoms. The molecule has 0 unspecified atom stereocenters. The van der Waals surface area contributed by atoms with E-state index >= 15 is 0 Å². The fourth-order valence-electron chi connectivity index (χ4n) is 0.990. The van der Waals surface area contributed by atoms with Crippen LogP contribution in [0.5, 0.6) is 0 Å². The van der Waals surface area contributed by atoms with Gasteiger partial charge in [-0.15, -0.1) is 0 Å². The van der Waals surface area contributed by atoms with E-state index in [1.807, 2.05) is 0 Å². The number of rotatable bonds is 4. The summed E-state index contributed by atoms with van der Waals surface area (Å²) in [5.74, 6) is -1.05. The standard InChI is InChI=1S/C10H15ClF3NO4/c1-9(2,3)19-8(17)15(5-10(12,13)14)4-7(16)18-6-11/h4-6H2,1-3H3. The molecular weight excluding hydrogens is 291 g/mol. The van der Waals surface area contributed by atoms with Crippen LogP contribution in [0.2, 0.25) is 0 Å². The molecule has 0 aliphatic heterocycles. The van der Waals surface area contributed by atoms with Gasteiger partial charge in [0.2, 0.25) is 0 Å². The SMILES string of the molecule is CC(C)(C)OC(=O)N(CC(=O)OCCl)CC(F)(F)F. The fraction of sp³-hybridized carbons (Fsp3) is 0.800. The second kappa shape index (κ2) is 6.83. The highest BCUT2D eigenvalue weighted by molar-refractivity contribution is 6.17. The van der Waals surface area contributed by atoms with Crippen molar-refractivity contribution in [3.05, 3.63) is 0 Å². The number of ether oxygens (including phenoxy) is 2. The first kappa shape index (κ1) is 17.8. The summed E-state index contributed by atoms with van der Waals surface area (Å²) in [6.07, 6.45) is -5.91. The second-order valence-electron chi connectivity index (χ2n) is 4.58. The molecular formula is C10H15ClF3NO4. The zero-order chi connectivity index (χ0) is 15.3. The Hall–Kier alpha value is -1.18. The van der Waals surface area contributed by atoms with E-state index in [0.717, 1.165) is 0 Å². The molecule has 0 aromatic carbocycles. The smallest absolute Gasteiger partial charge is 0.411 e. The Labute approximate surface area is 113 Å². The summed E-state index contributed by atoms with van der Waals surface area (Å²) in [7, 11) is 0. The van der Waals surface area contributed by atoms with E-state index in [4.69, 9.17) is 16.3 Å². The Morgan fingerprint density at radius 2 is 1.74 bits per heavy atom. The van der Waals surface area contributed by atoms with E-state index in [2.05, 4.69) is 4.74 Å². The average Bonchev–Trinajstić information content (AvgIpc) is 2.11. The van der Waals surface area contributed by atoms with E-state index in [1.54, 1.807) is 0 Å². The van der Waals surface area contributed by atoms with Crippen LogP contribution in [-0.4, -0.2) is 47.9 Å². The number of nitrogens with zero attached hydrogens (tertiary/aromatic N) is 1. The largest absolute Gasteiger partial charge is 0.448 e. The molecule has 112 valence electrons. The van der Waals surface area contributed by atoms with Crippen LogP contribution >= 0.6 is 11.6 Å².